The van der Waals surface area contributed by atoms with Gasteiger partial charge in [-0.05, 0) is 74.6 Å². The third-order valence-corrected chi connectivity index (χ3v) is 6.45. The molecule has 1 heterocycles. The molecule has 0 aromatic heterocycles. The highest BCUT2D eigenvalue weighted by molar-refractivity contribution is 7.92. The molecular weight excluding hydrogens is 390 g/mol. The zero-order valence-corrected chi connectivity index (χ0v) is 17.2. The van der Waals surface area contributed by atoms with Crippen LogP contribution in [-0.4, -0.2) is 33.6 Å². The lowest BCUT2D eigenvalue weighted by atomic mass is 10.0. The van der Waals surface area contributed by atoms with E-state index >= 15 is 0 Å². The summed E-state index contributed by atoms with van der Waals surface area (Å²) in [5.41, 5.74) is 2.25. The Morgan fingerprint density at radius 1 is 1.17 bits per heavy atom. The van der Waals surface area contributed by atoms with Crippen LogP contribution in [0, 0.1) is 0 Å². The first kappa shape index (κ1) is 19.6. The van der Waals surface area contributed by atoms with Gasteiger partial charge in [-0.3, -0.25) is 9.62 Å². The number of fused-ring (bicyclic) bond motifs is 1. The van der Waals surface area contributed by atoms with Crippen LogP contribution < -0.4 is 19.7 Å². The van der Waals surface area contributed by atoms with E-state index in [0.29, 0.717) is 24.6 Å². The van der Waals surface area contributed by atoms with E-state index in [2.05, 4.69) is 10.0 Å². The summed E-state index contributed by atoms with van der Waals surface area (Å²) < 4.78 is 33.5. The van der Waals surface area contributed by atoms with E-state index < -0.39 is 10.0 Å². The number of benzene rings is 2. The highest BCUT2D eigenvalue weighted by atomic mass is 32.2. The van der Waals surface area contributed by atoms with E-state index in [1.54, 1.807) is 29.2 Å². The average molecular weight is 416 g/mol. The first-order valence-electron chi connectivity index (χ1n) is 9.93. The maximum Gasteiger partial charge on any atom is 0.322 e. The Balaban J connectivity index is 1.55. The number of hydrogen-bond donors (Lipinski definition) is 2. The molecule has 2 aromatic rings. The number of anilines is 2. The van der Waals surface area contributed by atoms with Crippen LogP contribution in [0.15, 0.2) is 47.4 Å². The lowest BCUT2D eigenvalue weighted by Gasteiger charge is -2.30. The number of nitrogens with zero attached hydrogens (tertiary/aromatic N) is 1. The van der Waals surface area contributed by atoms with Crippen molar-refractivity contribution in [2.45, 2.75) is 43.5 Å². The second-order valence-electron chi connectivity index (χ2n) is 7.33. The zero-order valence-electron chi connectivity index (χ0n) is 16.3. The van der Waals surface area contributed by atoms with Crippen molar-refractivity contribution in [2.75, 3.05) is 22.8 Å². The fourth-order valence-electron chi connectivity index (χ4n) is 3.43. The van der Waals surface area contributed by atoms with Gasteiger partial charge in [0, 0.05) is 12.6 Å². The summed E-state index contributed by atoms with van der Waals surface area (Å²) in [5.74, 6) is 0.623. The summed E-state index contributed by atoms with van der Waals surface area (Å²) in [5, 5.41) is 3.01. The maximum absolute atomic E-state index is 12.8. The van der Waals surface area contributed by atoms with Gasteiger partial charge >= 0.3 is 6.03 Å². The third kappa shape index (κ3) is 4.48. The van der Waals surface area contributed by atoms with Crippen molar-refractivity contribution in [1.82, 2.24) is 5.32 Å². The van der Waals surface area contributed by atoms with Gasteiger partial charge in [-0.15, -0.1) is 0 Å². The monoisotopic (exact) mass is 415 g/mol. The number of rotatable bonds is 6. The normalized spacial score (nSPS) is 16.1. The first-order valence-corrected chi connectivity index (χ1v) is 11.4. The molecule has 0 radical (unpaired) electrons. The van der Waals surface area contributed by atoms with Gasteiger partial charge < -0.3 is 10.1 Å². The Morgan fingerprint density at radius 3 is 2.62 bits per heavy atom. The van der Waals surface area contributed by atoms with E-state index in [1.165, 1.54) is 12.1 Å². The quantitative estimate of drug-likeness (QED) is 0.756. The summed E-state index contributed by atoms with van der Waals surface area (Å²) in [7, 11) is -3.74. The molecule has 0 unspecified atom stereocenters. The van der Waals surface area contributed by atoms with Crippen LogP contribution in [0.3, 0.4) is 0 Å². The second kappa shape index (κ2) is 7.94. The van der Waals surface area contributed by atoms with Gasteiger partial charge in [0.25, 0.3) is 10.0 Å². The molecule has 0 atom stereocenters. The topological polar surface area (TPSA) is 87.7 Å². The van der Waals surface area contributed by atoms with Crippen LogP contribution in [0.4, 0.5) is 16.2 Å². The molecule has 2 aromatic carbocycles. The molecule has 29 heavy (non-hydrogen) atoms. The van der Waals surface area contributed by atoms with Gasteiger partial charge in [0.05, 0.1) is 22.9 Å². The summed E-state index contributed by atoms with van der Waals surface area (Å²) in [6, 6.07) is 11.8. The standard InChI is InChI=1S/C21H25N3O4S/c1-2-28-18-9-11-19(12-10-18)29(26,27)23-17-6-5-15-4-3-13-24(20(15)14-17)21(25)22-16-7-8-16/h5-6,9-12,14,16,23H,2-4,7-8,13H2,1H3,(H,22,25). The molecule has 154 valence electrons. The van der Waals surface area contributed by atoms with Gasteiger partial charge in [0.1, 0.15) is 5.75 Å². The number of carbonyl (C=O) groups excluding carboxylic acids is 1. The SMILES string of the molecule is CCOc1ccc(S(=O)(=O)Nc2ccc3c(c2)N(C(=O)NC2CC2)CCC3)cc1. The first-order chi connectivity index (χ1) is 14.0. The van der Waals surface area contributed by atoms with Gasteiger partial charge in [-0.2, -0.15) is 0 Å². The van der Waals surface area contributed by atoms with Crippen LogP contribution in [0.5, 0.6) is 5.75 Å². The molecule has 0 spiro atoms. The van der Waals surface area contributed by atoms with Crippen molar-refractivity contribution in [3.8, 4) is 5.75 Å². The molecule has 2 aliphatic rings. The summed E-state index contributed by atoms with van der Waals surface area (Å²) >= 11 is 0. The lowest BCUT2D eigenvalue weighted by molar-refractivity contribution is 0.245. The molecule has 0 bridgehead atoms. The number of sulfonamides is 1. The van der Waals surface area contributed by atoms with E-state index in [-0.39, 0.29) is 17.0 Å². The van der Waals surface area contributed by atoms with Crippen LogP contribution in [0.1, 0.15) is 31.7 Å². The largest absolute Gasteiger partial charge is 0.494 e. The van der Waals surface area contributed by atoms with Gasteiger partial charge in [0.2, 0.25) is 0 Å². The van der Waals surface area contributed by atoms with Crippen LogP contribution in [0.25, 0.3) is 0 Å². The molecule has 7 nitrogen and oxygen atoms in total. The molecule has 2 N–H and O–H groups in total. The van der Waals surface area contributed by atoms with E-state index in [0.717, 1.165) is 36.9 Å². The van der Waals surface area contributed by atoms with Crippen LogP contribution >= 0.6 is 0 Å². The van der Waals surface area contributed by atoms with Crippen LogP contribution in [0.2, 0.25) is 0 Å². The zero-order chi connectivity index (χ0) is 20.4. The molecule has 2 amide bonds. The fourth-order valence-corrected chi connectivity index (χ4v) is 4.47. The van der Waals surface area contributed by atoms with Crippen molar-refractivity contribution >= 4 is 27.4 Å². The predicted octanol–water partition coefficient (Wildman–Crippen LogP) is 3.51. The number of ether oxygens (including phenoxy) is 1. The number of amides is 2. The summed E-state index contributed by atoms with van der Waals surface area (Å²) in [6.45, 7) is 3.02. The molecule has 8 heteroatoms. The Hall–Kier alpha value is -2.74. The van der Waals surface area contributed by atoms with Crippen LogP contribution in [-0.2, 0) is 16.4 Å². The predicted molar refractivity (Wildman–Crippen MR) is 112 cm³/mol. The Bertz CT molecular complexity index is 1000. The smallest absolute Gasteiger partial charge is 0.322 e. The summed E-state index contributed by atoms with van der Waals surface area (Å²) in [4.78, 5) is 14.4. The number of hydrogen-bond acceptors (Lipinski definition) is 4. The van der Waals surface area contributed by atoms with Gasteiger partial charge in [-0.1, -0.05) is 6.07 Å². The van der Waals surface area contributed by atoms with Crippen molar-refractivity contribution in [1.29, 1.82) is 0 Å². The highest BCUT2D eigenvalue weighted by Crippen LogP contribution is 2.32. The Kier molecular flexibility index (Phi) is 5.36. The minimum absolute atomic E-state index is 0.111. The minimum Gasteiger partial charge on any atom is -0.494 e. The van der Waals surface area contributed by atoms with Crippen molar-refractivity contribution in [3.05, 3.63) is 48.0 Å². The average Bonchev–Trinajstić information content (AvgIpc) is 3.52. The number of urea groups is 1. The summed E-state index contributed by atoms with van der Waals surface area (Å²) in [6.07, 6.45) is 3.81. The molecular formula is C21H25N3O4S. The maximum atomic E-state index is 12.8. The van der Waals surface area contributed by atoms with Gasteiger partial charge in [0.15, 0.2) is 0 Å². The molecule has 1 aliphatic heterocycles. The number of aryl methyl sites for hydroxylation is 1. The fraction of sp³-hybridized carbons (Fsp3) is 0.381. The number of nitrogens with one attached hydrogen (secondary N) is 2. The molecule has 1 fully saturated rings. The third-order valence-electron chi connectivity index (χ3n) is 5.05. The molecule has 0 saturated heterocycles. The molecule has 4 rings (SSSR count). The van der Waals surface area contributed by atoms with Crippen molar-refractivity contribution in [2.24, 2.45) is 0 Å². The van der Waals surface area contributed by atoms with E-state index in [1.807, 2.05) is 13.0 Å². The molecule has 1 saturated carbocycles. The Labute approximate surface area is 171 Å². The number of carbonyl (C=O) groups is 1. The molecule has 1 aliphatic carbocycles. The van der Waals surface area contributed by atoms with Gasteiger partial charge in [-0.25, -0.2) is 13.2 Å². The van der Waals surface area contributed by atoms with E-state index in [4.69, 9.17) is 4.74 Å². The highest BCUT2D eigenvalue weighted by Gasteiger charge is 2.29. The van der Waals surface area contributed by atoms with Crippen molar-refractivity contribution in [3.63, 3.8) is 0 Å². The van der Waals surface area contributed by atoms with Crippen molar-refractivity contribution < 1.29 is 17.9 Å². The second-order valence-corrected chi connectivity index (χ2v) is 9.01. The minimum atomic E-state index is -3.74. The van der Waals surface area contributed by atoms with E-state index in [9.17, 15) is 13.2 Å². The lowest BCUT2D eigenvalue weighted by Crippen LogP contribution is -2.43. The Morgan fingerprint density at radius 2 is 1.93 bits per heavy atom.